The summed E-state index contributed by atoms with van der Waals surface area (Å²) in [5, 5.41) is -1.30. The van der Waals surface area contributed by atoms with Gasteiger partial charge in [-0.15, -0.1) is 0 Å². The Morgan fingerprint density at radius 3 is 2.35 bits per heavy atom. The monoisotopic (exact) mass is 540 g/mol. The van der Waals surface area contributed by atoms with E-state index in [1.165, 1.54) is 13.0 Å². The summed E-state index contributed by atoms with van der Waals surface area (Å²) in [4.78, 5) is 28.0. The van der Waals surface area contributed by atoms with Crippen molar-refractivity contribution >= 4 is 15.6 Å². The number of aromatic nitrogens is 4. The number of carbonyl (C=O) groups is 1. The molecule has 2 heterocycles. The Hall–Kier alpha value is -3.35. The first kappa shape index (κ1) is 26.7. The number of Topliss-reactive ketones (excluding diaryl/α,β-unsaturated/α-hetero) is 1. The lowest BCUT2D eigenvalue weighted by Crippen LogP contribution is -2.35. The summed E-state index contributed by atoms with van der Waals surface area (Å²) >= 11 is 0. The van der Waals surface area contributed by atoms with Gasteiger partial charge in [-0.3, -0.25) is 9.78 Å². The molecule has 1 aromatic carbocycles. The molecule has 3 aromatic rings. The Kier molecular flexibility index (Phi) is 7.36. The summed E-state index contributed by atoms with van der Waals surface area (Å²) < 4.78 is 92.5. The van der Waals surface area contributed by atoms with E-state index >= 15 is 0 Å². The molecule has 196 valence electrons. The minimum absolute atomic E-state index is 0.0631. The summed E-state index contributed by atoms with van der Waals surface area (Å²) in [6.07, 6.45) is -3.81. The van der Waals surface area contributed by atoms with Crippen molar-refractivity contribution in [2.45, 2.75) is 48.7 Å². The second kappa shape index (κ2) is 10.2. The summed E-state index contributed by atoms with van der Waals surface area (Å²) in [6.45, 7) is 1.44. The van der Waals surface area contributed by atoms with Gasteiger partial charge in [-0.25, -0.2) is 32.2 Å². The van der Waals surface area contributed by atoms with Crippen LogP contribution in [0.5, 0.6) is 0 Å². The van der Waals surface area contributed by atoms with Crippen molar-refractivity contribution < 1.29 is 35.2 Å². The van der Waals surface area contributed by atoms with E-state index in [-0.39, 0.29) is 35.5 Å². The average Bonchev–Trinajstić information content (AvgIpc) is 3.17. The Bertz CT molecular complexity index is 1380. The molecule has 4 atom stereocenters. The van der Waals surface area contributed by atoms with Crippen molar-refractivity contribution in [1.82, 2.24) is 19.9 Å². The standard InChI is InChI=1S/C24H21F5N4O3S/c1-13-18(26)9-17(23(13)37(35,36)16-5-2-14(25)3-6-16)21(34)7-4-15-8-19(33-12-32-15)20-10-31-22(11-30-20)24(27,28)29/h2-3,5-6,8,10-13,17-18,23H,4,7,9H2,1H3/t13-,17-,18+,23?/m0/s1. The van der Waals surface area contributed by atoms with Crippen molar-refractivity contribution in [3.63, 3.8) is 0 Å². The number of rotatable bonds is 7. The fraction of sp³-hybridized carbons (Fsp3) is 0.375. The molecule has 0 radical (unpaired) electrons. The molecule has 0 N–H and O–H groups in total. The maximum absolute atomic E-state index is 14.6. The van der Waals surface area contributed by atoms with Crippen LogP contribution in [0.25, 0.3) is 11.4 Å². The van der Waals surface area contributed by atoms with E-state index in [4.69, 9.17) is 0 Å². The lowest BCUT2D eigenvalue weighted by molar-refractivity contribution is -0.141. The topological polar surface area (TPSA) is 103 Å². The molecule has 13 heteroatoms. The molecule has 7 nitrogen and oxygen atoms in total. The molecule has 1 saturated carbocycles. The van der Waals surface area contributed by atoms with E-state index < -0.39 is 56.6 Å². The number of alkyl halides is 4. The lowest BCUT2D eigenvalue weighted by atomic mass is 9.96. The van der Waals surface area contributed by atoms with Crippen LogP contribution in [0, 0.1) is 17.7 Å². The second-order valence-corrected chi connectivity index (χ2v) is 10.9. The van der Waals surface area contributed by atoms with Gasteiger partial charge in [0.15, 0.2) is 15.5 Å². The van der Waals surface area contributed by atoms with E-state index in [2.05, 4.69) is 19.9 Å². The SMILES string of the molecule is C[C@@H]1C(S(=O)(=O)c2ccc(F)cc2)[C@H](C(=O)CCc2cc(-c3cnc(C(F)(F)F)cn3)ncn2)C[C@H]1F. The Labute approximate surface area is 209 Å². The predicted molar refractivity (Wildman–Crippen MR) is 121 cm³/mol. The molecule has 0 bridgehead atoms. The van der Waals surface area contributed by atoms with Gasteiger partial charge in [-0.05, 0) is 43.2 Å². The number of sulfone groups is 1. The minimum atomic E-state index is -4.64. The first-order chi connectivity index (χ1) is 17.4. The van der Waals surface area contributed by atoms with Gasteiger partial charge in [-0.2, -0.15) is 13.2 Å². The van der Waals surface area contributed by atoms with Gasteiger partial charge >= 0.3 is 6.18 Å². The maximum Gasteiger partial charge on any atom is 0.434 e. The molecule has 1 aliphatic rings. The maximum atomic E-state index is 14.6. The van der Waals surface area contributed by atoms with Crippen LogP contribution >= 0.6 is 0 Å². The molecule has 1 fully saturated rings. The molecule has 0 amide bonds. The zero-order valence-corrected chi connectivity index (χ0v) is 20.2. The largest absolute Gasteiger partial charge is 0.434 e. The molecular formula is C24H21F5N4O3S. The van der Waals surface area contributed by atoms with Gasteiger partial charge in [0.2, 0.25) is 0 Å². The van der Waals surface area contributed by atoms with Crippen molar-refractivity contribution in [1.29, 1.82) is 0 Å². The summed E-state index contributed by atoms with van der Waals surface area (Å²) in [5.74, 6) is -3.12. The fourth-order valence-electron chi connectivity index (χ4n) is 4.48. The third-order valence-electron chi connectivity index (χ3n) is 6.43. The molecule has 37 heavy (non-hydrogen) atoms. The number of halogens is 5. The van der Waals surface area contributed by atoms with Gasteiger partial charge < -0.3 is 0 Å². The van der Waals surface area contributed by atoms with Gasteiger partial charge in [0.25, 0.3) is 0 Å². The first-order valence-corrected chi connectivity index (χ1v) is 12.8. The highest BCUT2D eigenvalue weighted by Crippen LogP contribution is 2.41. The zero-order valence-electron chi connectivity index (χ0n) is 19.4. The fourth-order valence-corrected chi connectivity index (χ4v) is 6.74. The van der Waals surface area contributed by atoms with Crippen LogP contribution in [0.1, 0.15) is 31.2 Å². The number of nitrogens with zero attached hydrogens (tertiary/aromatic N) is 4. The third-order valence-corrected chi connectivity index (χ3v) is 8.84. The smallest absolute Gasteiger partial charge is 0.299 e. The summed E-state index contributed by atoms with van der Waals surface area (Å²) in [6, 6.07) is 5.61. The minimum Gasteiger partial charge on any atom is -0.299 e. The molecule has 4 rings (SSSR count). The van der Waals surface area contributed by atoms with Crippen molar-refractivity contribution in [2.75, 3.05) is 0 Å². The molecule has 0 saturated heterocycles. The highest BCUT2D eigenvalue weighted by Gasteiger charge is 2.51. The number of carbonyl (C=O) groups excluding carboxylic acids is 1. The lowest BCUT2D eigenvalue weighted by Gasteiger charge is -2.22. The molecule has 1 unspecified atom stereocenters. The van der Waals surface area contributed by atoms with Gasteiger partial charge in [0.1, 0.15) is 29.8 Å². The predicted octanol–water partition coefficient (Wildman–Crippen LogP) is 4.43. The van der Waals surface area contributed by atoms with Gasteiger partial charge in [0.05, 0.1) is 28.2 Å². The van der Waals surface area contributed by atoms with Crippen LogP contribution in [0.3, 0.4) is 0 Å². The van der Waals surface area contributed by atoms with Gasteiger partial charge in [-0.1, -0.05) is 6.92 Å². The average molecular weight is 541 g/mol. The zero-order chi connectivity index (χ0) is 27.0. The quantitative estimate of drug-likeness (QED) is 0.323. The van der Waals surface area contributed by atoms with Crippen LogP contribution in [0.4, 0.5) is 22.0 Å². The van der Waals surface area contributed by atoms with E-state index in [0.717, 1.165) is 36.8 Å². The molecule has 0 spiro atoms. The van der Waals surface area contributed by atoms with Gasteiger partial charge in [0, 0.05) is 24.0 Å². The summed E-state index contributed by atoms with van der Waals surface area (Å²) in [5.41, 5.74) is -0.536. The summed E-state index contributed by atoms with van der Waals surface area (Å²) in [7, 11) is -4.12. The van der Waals surface area contributed by atoms with E-state index in [0.29, 0.717) is 11.9 Å². The molecular weight excluding hydrogens is 519 g/mol. The normalized spacial score (nSPS) is 22.2. The second-order valence-electron chi connectivity index (χ2n) is 8.83. The van der Waals surface area contributed by atoms with Crippen LogP contribution < -0.4 is 0 Å². The van der Waals surface area contributed by atoms with Crippen LogP contribution in [-0.2, 0) is 27.2 Å². The Morgan fingerprint density at radius 1 is 1.03 bits per heavy atom. The van der Waals surface area contributed by atoms with Crippen molar-refractivity contribution in [3.05, 3.63) is 66.3 Å². The molecule has 1 aliphatic carbocycles. The van der Waals surface area contributed by atoms with Crippen LogP contribution in [-0.4, -0.2) is 45.6 Å². The number of benzene rings is 1. The van der Waals surface area contributed by atoms with E-state index in [1.807, 2.05) is 0 Å². The first-order valence-electron chi connectivity index (χ1n) is 11.2. The number of ketones is 1. The van der Waals surface area contributed by atoms with Crippen molar-refractivity contribution in [3.8, 4) is 11.4 Å². The molecule has 0 aliphatic heterocycles. The van der Waals surface area contributed by atoms with Crippen molar-refractivity contribution in [2.24, 2.45) is 11.8 Å². The van der Waals surface area contributed by atoms with E-state index in [1.54, 1.807) is 0 Å². The van der Waals surface area contributed by atoms with E-state index in [9.17, 15) is 35.2 Å². The molecule has 2 aromatic heterocycles. The van der Waals surface area contributed by atoms with Crippen LogP contribution in [0.2, 0.25) is 0 Å². The Morgan fingerprint density at radius 2 is 1.73 bits per heavy atom. The third kappa shape index (κ3) is 5.65. The highest BCUT2D eigenvalue weighted by atomic mass is 32.2. The number of aryl methyl sites for hydroxylation is 1. The Balaban J connectivity index is 1.49. The van der Waals surface area contributed by atoms with Crippen LogP contribution in [0.15, 0.2) is 53.9 Å². The number of hydrogen-bond donors (Lipinski definition) is 0. The number of hydrogen-bond acceptors (Lipinski definition) is 7. The highest BCUT2D eigenvalue weighted by molar-refractivity contribution is 7.92.